The maximum atomic E-state index is 13.5. The molecule has 10 heteroatoms. The molecule has 0 aromatic rings. The second-order valence-electron chi connectivity index (χ2n) is 20.4. The zero-order chi connectivity index (χ0) is 50.8. The smallest absolute Gasteiger partial charge is 0.456 e. The lowest BCUT2D eigenvalue weighted by Gasteiger charge is -2.27. The minimum Gasteiger partial charge on any atom is -0.456 e. The van der Waals surface area contributed by atoms with Crippen molar-refractivity contribution in [1.29, 1.82) is 0 Å². The first-order valence-electron chi connectivity index (χ1n) is 28.6. The fourth-order valence-electron chi connectivity index (χ4n) is 8.01. The number of unbranched alkanes of at least 4 members (excludes halogenated alkanes) is 27. The van der Waals surface area contributed by atoms with Gasteiger partial charge in [-0.2, -0.15) is 0 Å². The Morgan fingerprint density at radius 1 is 0.522 bits per heavy atom. The summed E-state index contributed by atoms with van der Waals surface area (Å²) in [5, 5.41) is 3.04. The summed E-state index contributed by atoms with van der Waals surface area (Å²) in [6.07, 6.45) is 60.7. The molecule has 3 atom stereocenters. The number of hydrogen-bond donors (Lipinski definition) is 2. The van der Waals surface area contributed by atoms with Gasteiger partial charge in [-0.1, -0.05) is 210 Å². The normalized spacial score (nSPS) is 14.2. The summed E-state index contributed by atoms with van der Waals surface area (Å²) in [6, 6.07) is -0.861. The fourth-order valence-corrected chi connectivity index (χ4v) is 8.74. The van der Waals surface area contributed by atoms with Crippen LogP contribution in [-0.4, -0.2) is 74.3 Å². The first kappa shape index (κ1) is 66.7. The summed E-state index contributed by atoms with van der Waals surface area (Å²) in [4.78, 5) is 37.6. The molecule has 0 aromatic carbocycles. The molecule has 0 aromatic heterocycles. The van der Waals surface area contributed by atoms with Crippen LogP contribution in [0.25, 0.3) is 0 Å². The number of allylic oxidation sites excluding steroid dienone is 9. The molecule has 9 nitrogen and oxygen atoms in total. The number of esters is 1. The first-order valence-corrected chi connectivity index (χ1v) is 30.1. The summed E-state index contributed by atoms with van der Waals surface area (Å²) < 4.78 is 30.6. The highest BCUT2D eigenvalue weighted by molar-refractivity contribution is 7.47. The molecular formula is C59H110N2O7P+. The zero-order valence-corrected chi connectivity index (χ0v) is 46.7. The SMILES string of the molecule is CC/C=C/C/C=C/C/C=C/CCCCCCCCC(=O)NC(COP(=O)(O)OCC[N+](C)(C)C)C(/C=C/CCCCCCCCCCCCC)OC(=O)CCCCC/C=C\CCCCCCCCC. The summed E-state index contributed by atoms with van der Waals surface area (Å²) in [7, 11) is 1.48. The van der Waals surface area contributed by atoms with Gasteiger partial charge in [-0.3, -0.25) is 18.6 Å². The Hall–Kier alpha value is -2.29. The third kappa shape index (κ3) is 50.4. The van der Waals surface area contributed by atoms with Crippen LogP contribution in [0.2, 0.25) is 0 Å². The van der Waals surface area contributed by atoms with E-state index in [1.54, 1.807) is 0 Å². The van der Waals surface area contributed by atoms with Gasteiger partial charge in [0.15, 0.2) is 0 Å². The first-order chi connectivity index (χ1) is 33.4. The molecule has 0 radical (unpaired) electrons. The van der Waals surface area contributed by atoms with E-state index in [2.05, 4.69) is 74.7 Å². The Bertz CT molecular complexity index is 1370. The number of hydrogen-bond acceptors (Lipinski definition) is 6. The van der Waals surface area contributed by atoms with Gasteiger partial charge in [0.2, 0.25) is 5.91 Å². The van der Waals surface area contributed by atoms with Crippen LogP contribution in [-0.2, 0) is 27.9 Å². The number of amides is 1. The van der Waals surface area contributed by atoms with Gasteiger partial charge in [-0.15, -0.1) is 0 Å². The third-order valence-electron chi connectivity index (χ3n) is 12.4. The molecule has 0 bridgehead atoms. The third-order valence-corrected chi connectivity index (χ3v) is 13.4. The van der Waals surface area contributed by atoms with Crippen molar-refractivity contribution >= 4 is 19.7 Å². The molecule has 0 saturated heterocycles. The lowest BCUT2D eigenvalue weighted by molar-refractivity contribution is -0.870. The van der Waals surface area contributed by atoms with Crippen LogP contribution in [0, 0.1) is 0 Å². The number of phosphoric ester groups is 1. The van der Waals surface area contributed by atoms with Crippen molar-refractivity contribution in [3.63, 3.8) is 0 Å². The number of phosphoric acid groups is 1. The minimum absolute atomic E-state index is 0.0340. The van der Waals surface area contributed by atoms with Crippen molar-refractivity contribution < 1.29 is 37.3 Å². The van der Waals surface area contributed by atoms with E-state index >= 15 is 0 Å². The number of nitrogens with one attached hydrogen (secondary N) is 1. The van der Waals surface area contributed by atoms with E-state index in [0.29, 0.717) is 23.9 Å². The van der Waals surface area contributed by atoms with Crippen LogP contribution in [0.15, 0.2) is 60.8 Å². The Labute approximate surface area is 426 Å². The highest BCUT2D eigenvalue weighted by Gasteiger charge is 2.30. The predicted molar refractivity (Wildman–Crippen MR) is 295 cm³/mol. The molecule has 0 rings (SSSR count). The number of rotatable bonds is 51. The lowest BCUT2D eigenvalue weighted by atomic mass is 10.0. The quantitative estimate of drug-likeness (QED) is 0.0205. The van der Waals surface area contributed by atoms with Gasteiger partial charge >= 0.3 is 13.8 Å². The van der Waals surface area contributed by atoms with Gasteiger partial charge in [0.25, 0.3) is 0 Å². The molecule has 0 aliphatic carbocycles. The van der Waals surface area contributed by atoms with E-state index in [9.17, 15) is 19.0 Å². The van der Waals surface area contributed by atoms with Crippen molar-refractivity contribution in [3.05, 3.63) is 60.8 Å². The maximum absolute atomic E-state index is 13.5. The van der Waals surface area contributed by atoms with Crippen molar-refractivity contribution in [3.8, 4) is 0 Å². The molecule has 0 aliphatic heterocycles. The van der Waals surface area contributed by atoms with Gasteiger partial charge in [0.1, 0.15) is 19.3 Å². The second kappa shape index (κ2) is 49.3. The topological polar surface area (TPSA) is 111 Å². The van der Waals surface area contributed by atoms with Crippen LogP contribution in [0.4, 0.5) is 0 Å². The number of carbonyl (C=O) groups excluding carboxylic acids is 2. The number of quaternary nitrogens is 1. The summed E-state index contributed by atoms with van der Waals surface area (Å²) in [6.45, 7) is 6.88. The maximum Gasteiger partial charge on any atom is 0.472 e. The molecule has 2 N–H and O–H groups in total. The summed E-state index contributed by atoms with van der Waals surface area (Å²) in [5.41, 5.74) is 0. The van der Waals surface area contributed by atoms with Gasteiger partial charge in [0.05, 0.1) is 33.8 Å². The number of ether oxygens (including phenoxy) is 1. The highest BCUT2D eigenvalue weighted by Crippen LogP contribution is 2.43. The molecule has 0 saturated carbocycles. The van der Waals surface area contributed by atoms with E-state index in [1.807, 2.05) is 33.3 Å². The minimum atomic E-state index is -4.45. The van der Waals surface area contributed by atoms with E-state index in [1.165, 1.54) is 116 Å². The zero-order valence-electron chi connectivity index (χ0n) is 45.8. The van der Waals surface area contributed by atoms with Crippen molar-refractivity contribution in [2.45, 2.75) is 264 Å². The van der Waals surface area contributed by atoms with Gasteiger partial charge < -0.3 is 19.4 Å². The highest BCUT2D eigenvalue weighted by atomic mass is 31.2. The van der Waals surface area contributed by atoms with Crippen LogP contribution in [0.3, 0.4) is 0 Å². The average Bonchev–Trinajstić information content (AvgIpc) is 3.31. The van der Waals surface area contributed by atoms with Gasteiger partial charge in [-0.25, -0.2) is 4.57 Å². The molecule has 0 fully saturated rings. The van der Waals surface area contributed by atoms with E-state index in [-0.39, 0.29) is 31.5 Å². The van der Waals surface area contributed by atoms with E-state index in [0.717, 1.165) is 96.3 Å². The van der Waals surface area contributed by atoms with Crippen molar-refractivity contribution in [2.24, 2.45) is 0 Å². The number of nitrogens with zero attached hydrogens (tertiary/aromatic N) is 1. The van der Waals surface area contributed by atoms with Gasteiger partial charge in [-0.05, 0) is 89.5 Å². The average molecular weight is 991 g/mol. The molecule has 1 amide bonds. The lowest BCUT2D eigenvalue weighted by Crippen LogP contribution is -2.47. The Balaban J connectivity index is 5.42. The summed E-state index contributed by atoms with van der Waals surface area (Å²) in [5.74, 6) is -0.537. The van der Waals surface area contributed by atoms with E-state index < -0.39 is 20.0 Å². The molecule has 0 aliphatic rings. The predicted octanol–water partition coefficient (Wildman–Crippen LogP) is 17.1. The molecule has 69 heavy (non-hydrogen) atoms. The molecule has 0 heterocycles. The fraction of sp³-hybridized carbons (Fsp3) is 0.797. The monoisotopic (exact) mass is 990 g/mol. The Morgan fingerprint density at radius 2 is 0.928 bits per heavy atom. The molecular weight excluding hydrogens is 880 g/mol. The largest absolute Gasteiger partial charge is 0.472 e. The molecule has 402 valence electrons. The Kier molecular flexibility index (Phi) is 47.7. The van der Waals surface area contributed by atoms with Crippen LogP contribution in [0.1, 0.15) is 252 Å². The van der Waals surface area contributed by atoms with Crippen LogP contribution >= 0.6 is 7.82 Å². The van der Waals surface area contributed by atoms with Crippen LogP contribution < -0.4 is 5.32 Å². The number of likely N-dealkylation sites (N-methyl/N-ethyl adjacent to an activating group) is 1. The van der Waals surface area contributed by atoms with Gasteiger partial charge in [0, 0.05) is 12.8 Å². The van der Waals surface area contributed by atoms with Crippen molar-refractivity contribution in [2.75, 3.05) is 40.9 Å². The van der Waals surface area contributed by atoms with Crippen molar-refractivity contribution in [1.82, 2.24) is 5.32 Å². The molecule has 3 unspecified atom stereocenters. The number of carbonyl (C=O) groups is 2. The summed E-state index contributed by atoms with van der Waals surface area (Å²) >= 11 is 0. The van der Waals surface area contributed by atoms with Crippen LogP contribution in [0.5, 0.6) is 0 Å². The standard InChI is InChI=1S/C59H109N2O7P/c1-7-10-13-16-19-22-25-28-30-31-33-36-39-42-45-48-51-58(62)60-56(55-67-69(64,65)66-54-53-61(4,5)6)57(50-47-44-41-38-35-32-27-24-21-18-15-12-9-3)68-59(63)52-49-46-43-40-37-34-29-26-23-20-17-14-11-8-2/h10,13,19,22,28,30,34,37,47,50,56-57H,7-9,11-12,14-18,20-21,23-27,29,31-33,35-36,38-46,48-49,51-55H2,1-6H3,(H-,60,62,64,65)/p+1/b13-10+,22-19+,30-28+,37-34-,50-47+. The Morgan fingerprint density at radius 3 is 1.42 bits per heavy atom. The molecule has 0 spiro atoms. The van der Waals surface area contributed by atoms with E-state index in [4.69, 9.17) is 13.8 Å². The second-order valence-corrected chi connectivity index (χ2v) is 21.9.